The molecule has 0 bridgehead atoms. The normalized spacial score (nSPS) is 15.1. The Morgan fingerprint density at radius 1 is 0.243 bits per heavy atom. The summed E-state index contributed by atoms with van der Waals surface area (Å²) in [5.41, 5.74) is 24.4. The summed E-state index contributed by atoms with van der Waals surface area (Å²) in [5, 5.41) is 42.1. The number of aromatic hydroxyl groups is 4. The van der Waals surface area contributed by atoms with Gasteiger partial charge in [0.05, 0.1) is 0 Å². The predicted octanol–water partition coefficient (Wildman–Crippen LogP) is 32.4. The van der Waals surface area contributed by atoms with Crippen molar-refractivity contribution in [2.24, 2.45) is 6.99 Å². The van der Waals surface area contributed by atoms with Crippen LogP contribution in [0.2, 0.25) is 0 Å². The van der Waals surface area contributed by atoms with Gasteiger partial charge in [-0.05, 0) is 415 Å². The molecule has 12 aromatic rings. The zero-order chi connectivity index (χ0) is 99.8. The van der Waals surface area contributed by atoms with E-state index in [2.05, 4.69) is 43.5 Å². The minimum atomic E-state index is -4.36. The fraction of sp³-hybridized carbons (Fsp3) is 0.373. The third kappa shape index (κ3) is 23.1. The first-order valence-corrected chi connectivity index (χ1v) is 53.3. The van der Waals surface area contributed by atoms with Gasteiger partial charge in [-0.2, -0.15) is 0 Å². The smallest absolute Gasteiger partial charge is 0.165 e. The fourth-order valence-electron chi connectivity index (χ4n) is 21.7. The minimum Gasteiger partial charge on any atom is -0.504 e. The summed E-state index contributed by atoms with van der Waals surface area (Å²) in [6, 6.07) is 43.2. The number of nitrogens with zero attached hydrogens (tertiary/aromatic N) is 2. The Morgan fingerprint density at radius 3 is 0.629 bits per heavy atom. The van der Waals surface area contributed by atoms with Gasteiger partial charge in [0.15, 0.2) is 46.3 Å². The second-order valence-corrected chi connectivity index (χ2v) is 42.4. The number of rotatable bonds is 10. The van der Waals surface area contributed by atoms with E-state index in [0.717, 1.165) is 340 Å². The molecule has 0 unspecified atom stereocenters. The van der Waals surface area contributed by atoms with Gasteiger partial charge >= 0.3 is 272 Å². The van der Waals surface area contributed by atoms with Crippen molar-refractivity contribution in [1.29, 1.82) is 0 Å². The molecule has 0 fully saturated rings. The van der Waals surface area contributed by atoms with Crippen LogP contribution in [0.25, 0.3) is 44.5 Å². The summed E-state index contributed by atoms with van der Waals surface area (Å²) in [6.07, 6.45) is 21.6. The molecule has 6 nitrogen and oxygen atoms in total. The van der Waals surface area contributed by atoms with E-state index in [4.69, 9.17) is 0 Å². The van der Waals surface area contributed by atoms with Crippen LogP contribution in [0, 0.1) is 74.2 Å². The number of fused-ring (bicyclic) bond motifs is 8. The van der Waals surface area contributed by atoms with Crippen LogP contribution >= 0.6 is 0 Å². The molecule has 140 heavy (non-hydrogen) atoms. The van der Waals surface area contributed by atoms with Crippen LogP contribution in [-0.4, -0.2) is 29.2 Å². The Bertz CT molecular complexity index is 5830. The maximum atomic E-state index is 14.5. The number of halogens is 14. The molecular weight excluding hydrogens is 1970 g/mol. The Balaban J connectivity index is 0.000000127. The maximum absolute atomic E-state index is 14.5. The molecule has 8 aliphatic carbocycles. The van der Waals surface area contributed by atoms with Crippen LogP contribution in [0.5, 0.6) is 23.0 Å². The zero-order valence-electron chi connectivity index (χ0n) is 80.6. The van der Waals surface area contributed by atoms with Crippen molar-refractivity contribution in [3.63, 3.8) is 0 Å². The maximum Gasteiger partial charge on any atom is 0.165 e. The summed E-state index contributed by atoms with van der Waals surface area (Å²) in [7, 11) is 0. The van der Waals surface area contributed by atoms with E-state index in [1.54, 1.807) is 64.1 Å². The minimum absolute atomic E-state index is 0.0394. The van der Waals surface area contributed by atoms with Crippen molar-refractivity contribution < 1.29 is 118 Å². The zero-order valence-corrected chi connectivity index (χ0v) is 84.6. The fourth-order valence-corrected chi connectivity index (χ4v) is 25.2. The molecule has 4 N–H and O–H groups in total. The number of benzene rings is 12. The van der Waals surface area contributed by atoms with Crippen molar-refractivity contribution in [2.45, 2.75) is 284 Å². The molecule has 0 amide bonds. The Kier molecular flexibility index (Phi) is 33.4. The first kappa shape index (κ1) is 104. The molecule has 0 saturated carbocycles. The van der Waals surface area contributed by atoms with Crippen molar-refractivity contribution in [3.05, 3.63) is 338 Å². The monoisotopic (exact) mass is 2090 g/mol. The van der Waals surface area contributed by atoms with E-state index < -0.39 is 82.6 Å². The number of hydrogen-bond acceptors (Lipinski definition) is 6. The molecule has 20 rings (SSSR count). The van der Waals surface area contributed by atoms with E-state index in [1.165, 1.54) is 48.5 Å². The van der Waals surface area contributed by atoms with Crippen LogP contribution in [0.1, 0.15) is 264 Å². The molecule has 0 radical (unpaired) electrons. The first-order chi connectivity index (χ1) is 66.9. The van der Waals surface area contributed by atoms with E-state index in [9.17, 15) is 81.9 Å². The molecule has 12 aromatic carbocycles. The van der Waals surface area contributed by atoms with Gasteiger partial charge in [0.1, 0.15) is 23.3 Å². The third-order valence-electron chi connectivity index (χ3n) is 29.1. The van der Waals surface area contributed by atoms with Gasteiger partial charge in [0.25, 0.3) is 0 Å². The molecular formula is C118H120F14Mo2N2O4. The molecule has 0 atom stereocenters. The van der Waals surface area contributed by atoms with Crippen molar-refractivity contribution in [3.8, 4) is 67.5 Å². The van der Waals surface area contributed by atoms with E-state index in [1.807, 2.05) is 60.7 Å². The summed E-state index contributed by atoms with van der Waals surface area (Å²) >= 11 is -2.06. The number of alkyl halides is 6. The molecule has 0 aliphatic heterocycles. The van der Waals surface area contributed by atoms with Crippen LogP contribution in [-0.2, 0) is 162 Å². The van der Waals surface area contributed by atoms with Crippen LogP contribution < -0.4 is 0 Å². The van der Waals surface area contributed by atoms with Crippen molar-refractivity contribution in [1.82, 2.24) is 0 Å². The van der Waals surface area contributed by atoms with Gasteiger partial charge < -0.3 is 20.4 Å². The number of hydrogen-bond donors (Lipinski definition) is 4. The quantitative estimate of drug-likeness (QED) is 0.0809. The van der Waals surface area contributed by atoms with Crippen LogP contribution in [0.4, 0.5) is 72.8 Å². The molecule has 0 heterocycles. The third-order valence-corrected chi connectivity index (χ3v) is 34.0. The summed E-state index contributed by atoms with van der Waals surface area (Å²) < 4.78 is 206. The van der Waals surface area contributed by atoms with Gasteiger partial charge in [-0.3, -0.25) is 0 Å². The summed E-state index contributed by atoms with van der Waals surface area (Å²) in [6.45, 7) is 15.2. The first-order valence-electron chi connectivity index (χ1n) is 49.2. The van der Waals surface area contributed by atoms with E-state index in [-0.39, 0.29) is 68.5 Å². The van der Waals surface area contributed by atoms with Crippen LogP contribution in [0.15, 0.2) is 165 Å². The standard InChI is InChI=1S/4C21H22F2O.2C10H12.2C7H4F3N.2Mo/c4*1-12-17(22)10-13-6-2-4-8-15(13)19(12)20-16-9-5-3-7-14(16)11-18(23)21(20)24;2*1-10(2,3)9-7-5-4-6-8-9;2*8-7(9,10)5-3-1-2-4-6(5)11;;/h4*10-11,24H,2-9H2,1H3;2*1,4-8H,2-3H3;2*1-4H;;. The number of phenolic OH excluding ortho intramolecular Hbond substituents is 4. The molecule has 0 spiro atoms. The average Bonchev–Trinajstić information content (AvgIpc) is 0.756. The summed E-state index contributed by atoms with van der Waals surface area (Å²) in [4.78, 5) is 0. The van der Waals surface area contributed by atoms with Gasteiger partial charge in [-0.1, -0.05) is 0 Å². The molecule has 8 aliphatic rings. The van der Waals surface area contributed by atoms with Crippen molar-refractivity contribution in [2.75, 3.05) is 0 Å². The molecule has 0 aromatic heterocycles. The number of phenols is 4. The largest absolute Gasteiger partial charge is 0.504 e. The molecule has 22 heteroatoms. The second kappa shape index (κ2) is 45.0. The van der Waals surface area contributed by atoms with E-state index in [0.29, 0.717) is 44.5 Å². The van der Waals surface area contributed by atoms with E-state index >= 15 is 0 Å². The second-order valence-electron chi connectivity index (χ2n) is 39.4. The average molecular weight is 2090 g/mol. The number of aryl methyl sites for hydroxylation is 8. The molecule has 0 saturated heterocycles. The Morgan fingerprint density at radius 2 is 0.421 bits per heavy atom. The van der Waals surface area contributed by atoms with Gasteiger partial charge in [-0.15, -0.1) is 0 Å². The topological polar surface area (TPSA) is 106 Å². The van der Waals surface area contributed by atoms with Gasteiger partial charge in [0.2, 0.25) is 0 Å². The van der Waals surface area contributed by atoms with Gasteiger partial charge in [0, 0.05) is 22.3 Å². The Hall–Kier alpha value is -10.4. The van der Waals surface area contributed by atoms with Crippen molar-refractivity contribution >= 4 is 20.2 Å². The van der Waals surface area contributed by atoms with Gasteiger partial charge in [-0.25, -0.2) is 35.1 Å². The molecule has 736 valence electrons. The Labute approximate surface area is 828 Å². The SMILES string of the molecule is CC(C)([CH]=[Mo]=[N]c1ccccc1C(F)(F)F)c1ccccc1.CC(C)([CH]=[Mo]=[N]c1ccccc1C(F)(F)F)c1ccccc1.Cc1c(F)cc2c(c1-c1c(O)c(F)cc3c1CCCC3)CCCC2.Cc1c(F)cc2c(c1-c1c(O)c(F)cc3c1CCCC3)CCCC2.Cc1c(F)cc2c(c1-c1c(O)c(F)cc3c1CCCC3)CCCC2.Cc1c(F)cc2c(c1-c1c(O)c(F)cc3c1CCCC3)CCCC2. The summed E-state index contributed by atoms with van der Waals surface area (Å²) in [5.74, 6) is -4.57. The van der Waals surface area contributed by atoms with Crippen LogP contribution in [0.3, 0.4) is 0 Å². The predicted molar refractivity (Wildman–Crippen MR) is 524 cm³/mol.